The maximum atomic E-state index is 12.7. The van der Waals surface area contributed by atoms with Crippen molar-refractivity contribution in [3.8, 4) is 0 Å². The topological polar surface area (TPSA) is 96.0 Å². The first kappa shape index (κ1) is 15.3. The Morgan fingerprint density at radius 1 is 1.45 bits per heavy atom. The van der Waals surface area contributed by atoms with Crippen molar-refractivity contribution in [1.82, 2.24) is 4.31 Å². The molecule has 2 rings (SSSR count). The van der Waals surface area contributed by atoms with E-state index in [1.54, 1.807) is 24.3 Å². The van der Waals surface area contributed by atoms with Crippen LogP contribution >= 0.6 is 15.9 Å². The smallest absolute Gasteiger partial charge is 0.244 e. The first-order chi connectivity index (χ1) is 9.46. The predicted molar refractivity (Wildman–Crippen MR) is 79.1 cm³/mol. The van der Waals surface area contributed by atoms with Crippen molar-refractivity contribution < 1.29 is 13.6 Å². The second-order valence-corrected chi connectivity index (χ2v) is 7.33. The quantitative estimate of drug-likeness (QED) is 0.349. The molecular weight excluding hydrogens is 346 g/mol. The Balaban J connectivity index is 2.26. The van der Waals surface area contributed by atoms with Crippen LogP contribution in [0, 0.1) is 0 Å². The third kappa shape index (κ3) is 3.31. The number of halogens is 1. The lowest BCUT2D eigenvalue weighted by atomic mass is 10.4. The molecule has 1 aliphatic carbocycles. The molecule has 0 amide bonds. The molecule has 0 radical (unpaired) electrons. The van der Waals surface area contributed by atoms with Crippen LogP contribution in [0.25, 0.3) is 0 Å². The first-order valence-corrected chi connectivity index (χ1v) is 8.43. The van der Waals surface area contributed by atoms with E-state index in [2.05, 4.69) is 21.1 Å². The van der Waals surface area contributed by atoms with Crippen molar-refractivity contribution in [3.63, 3.8) is 0 Å². The monoisotopic (exact) mass is 361 g/mol. The van der Waals surface area contributed by atoms with Gasteiger partial charge in [0.25, 0.3) is 0 Å². The van der Waals surface area contributed by atoms with E-state index in [9.17, 15) is 8.42 Å². The fourth-order valence-corrected chi connectivity index (χ4v) is 4.57. The predicted octanol–water partition coefficient (Wildman–Crippen LogP) is 1.74. The zero-order valence-electron chi connectivity index (χ0n) is 10.7. The number of nitrogens with two attached hydrogens (primary N) is 1. The first-order valence-electron chi connectivity index (χ1n) is 6.19. The Morgan fingerprint density at radius 3 is 2.65 bits per heavy atom. The summed E-state index contributed by atoms with van der Waals surface area (Å²) >= 11 is 3.27. The van der Waals surface area contributed by atoms with Gasteiger partial charge < -0.3 is 10.9 Å². The van der Waals surface area contributed by atoms with Crippen LogP contribution in [0.4, 0.5) is 0 Å². The summed E-state index contributed by atoms with van der Waals surface area (Å²) in [6, 6.07) is 6.73. The minimum Gasteiger partial charge on any atom is -0.409 e. The molecule has 0 heterocycles. The van der Waals surface area contributed by atoms with Crippen LogP contribution in [0.3, 0.4) is 0 Å². The van der Waals surface area contributed by atoms with Gasteiger partial charge in [-0.25, -0.2) is 8.42 Å². The lowest BCUT2D eigenvalue weighted by Crippen LogP contribution is -2.36. The summed E-state index contributed by atoms with van der Waals surface area (Å²) in [7, 11) is -3.58. The molecule has 20 heavy (non-hydrogen) atoms. The third-order valence-corrected chi connectivity index (χ3v) is 6.06. The highest BCUT2D eigenvalue weighted by Crippen LogP contribution is 2.34. The van der Waals surface area contributed by atoms with Crippen LogP contribution in [0.1, 0.15) is 19.3 Å². The molecule has 1 saturated carbocycles. The number of nitrogens with zero attached hydrogens (tertiary/aromatic N) is 2. The summed E-state index contributed by atoms with van der Waals surface area (Å²) in [5.41, 5.74) is 5.42. The number of amidine groups is 1. The zero-order chi connectivity index (χ0) is 14.8. The van der Waals surface area contributed by atoms with Gasteiger partial charge >= 0.3 is 0 Å². The molecule has 1 aromatic rings. The number of sulfonamides is 1. The molecule has 1 fully saturated rings. The van der Waals surface area contributed by atoms with Gasteiger partial charge in [0.1, 0.15) is 5.84 Å². The van der Waals surface area contributed by atoms with Crippen molar-refractivity contribution in [2.45, 2.75) is 30.2 Å². The van der Waals surface area contributed by atoms with Crippen molar-refractivity contribution in [2.24, 2.45) is 10.9 Å². The lowest BCUT2D eigenvalue weighted by molar-refractivity contribution is 0.315. The van der Waals surface area contributed by atoms with Gasteiger partial charge in [-0.15, -0.1) is 0 Å². The molecule has 0 spiro atoms. The summed E-state index contributed by atoms with van der Waals surface area (Å²) in [4.78, 5) is 0.242. The molecule has 6 nitrogen and oxygen atoms in total. The maximum Gasteiger partial charge on any atom is 0.244 e. The molecule has 0 aliphatic heterocycles. The van der Waals surface area contributed by atoms with Crippen LogP contribution in [0.5, 0.6) is 0 Å². The summed E-state index contributed by atoms with van der Waals surface area (Å²) in [6.07, 6.45) is 1.90. The molecule has 8 heteroatoms. The standard InChI is InChI=1S/C12H16BrN3O3S/c13-10-3-1-2-4-11(10)20(18,19)16(9-5-6-9)8-7-12(14)15-17/h1-4,9,17H,5-8H2,(H2,14,15). The largest absolute Gasteiger partial charge is 0.409 e. The molecule has 1 aliphatic rings. The van der Waals surface area contributed by atoms with E-state index < -0.39 is 10.0 Å². The van der Waals surface area contributed by atoms with Gasteiger partial charge in [0.05, 0.1) is 4.90 Å². The molecule has 0 aromatic heterocycles. The van der Waals surface area contributed by atoms with Crippen LogP contribution in [0.2, 0.25) is 0 Å². The number of oxime groups is 1. The van der Waals surface area contributed by atoms with Gasteiger partial charge in [-0.2, -0.15) is 4.31 Å². The highest BCUT2D eigenvalue weighted by atomic mass is 79.9. The summed E-state index contributed by atoms with van der Waals surface area (Å²) in [5, 5.41) is 11.4. The van der Waals surface area contributed by atoms with E-state index in [1.807, 2.05) is 0 Å². The second-order valence-electron chi connectivity index (χ2n) is 4.62. The molecule has 0 bridgehead atoms. The van der Waals surface area contributed by atoms with E-state index in [0.717, 1.165) is 12.8 Å². The average Bonchev–Trinajstić information content (AvgIpc) is 3.23. The molecular formula is C12H16BrN3O3S. The molecule has 0 atom stereocenters. The van der Waals surface area contributed by atoms with Crippen LogP contribution < -0.4 is 5.73 Å². The van der Waals surface area contributed by atoms with Gasteiger partial charge in [0.2, 0.25) is 10.0 Å². The van der Waals surface area contributed by atoms with Crippen molar-refractivity contribution >= 4 is 31.8 Å². The van der Waals surface area contributed by atoms with Gasteiger partial charge in [-0.3, -0.25) is 0 Å². The Hall–Kier alpha value is -1.12. The van der Waals surface area contributed by atoms with Gasteiger partial charge in [-0.05, 0) is 40.9 Å². The highest BCUT2D eigenvalue weighted by Gasteiger charge is 2.38. The molecule has 3 N–H and O–H groups in total. The Kier molecular flexibility index (Phi) is 4.66. The molecule has 1 aromatic carbocycles. The van der Waals surface area contributed by atoms with E-state index in [0.29, 0.717) is 4.47 Å². The lowest BCUT2D eigenvalue weighted by Gasteiger charge is -2.22. The fourth-order valence-electron chi connectivity index (χ4n) is 1.92. The molecule has 0 unspecified atom stereocenters. The van der Waals surface area contributed by atoms with Crippen molar-refractivity contribution in [2.75, 3.05) is 6.54 Å². The van der Waals surface area contributed by atoms with E-state index in [4.69, 9.17) is 10.9 Å². The minimum atomic E-state index is -3.58. The zero-order valence-corrected chi connectivity index (χ0v) is 13.1. The molecule has 110 valence electrons. The van der Waals surface area contributed by atoms with E-state index in [-0.39, 0.29) is 29.7 Å². The van der Waals surface area contributed by atoms with E-state index in [1.165, 1.54) is 4.31 Å². The Bertz CT molecular complexity index is 614. The Labute approximate surface area is 126 Å². The minimum absolute atomic E-state index is 0.0126. The van der Waals surface area contributed by atoms with E-state index >= 15 is 0 Å². The number of benzene rings is 1. The third-order valence-electron chi connectivity index (χ3n) is 3.09. The van der Waals surface area contributed by atoms with Crippen molar-refractivity contribution in [3.05, 3.63) is 28.7 Å². The van der Waals surface area contributed by atoms with Crippen LogP contribution in [0.15, 0.2) is 38.8 Å². The number of hydrogen-bond acceptors (Lipinski definition) is 4. The Morgan fingerprint density at radius 2 is 2.10 bits per heavy atom. The maximum absolute atomic E-state index is 12.7. The summed E-state index contributed by atoms with van der Waals surface area (Å²) < 4.78 is 27.3. The average molecular weight is 362 g/mol. The summed E-state index contributed by atoms with van der Waals surface area (Å²) in [5.74, 6) is 0.0259. The van der Waals surface area contributed by atoms with Crippen molar-refractivity contribution in [1.29, 1.82) is 0 Å². The van der Waals surface area contributed by atoms with Gasteiger partial charge in [0.15, 0.2) is 0 Å². The summed E-state index contributed by atoms with van der Waals surface area (Å²) in [6.45, 7) is 0.213. The van der Waals surface area contributed by atoms with Crippen LogP contribution in [-0.2, 0) is 10.0 Å². The normalized spacial score (nSPS) is 16.6. The number of hydrogen-bond donors (Lipinski definition) is 2. The number of rotatable bonds is 6. The van der Waals surface area contributed by atoms with Gasteiger partial charge in [0, 0.05) is 23.5 Å². The highest BCUT2D eigenvalue weighted by molar-refractivity contribution is 9.10. The second kappa shape index (κ2) is 6.11. The van der Waals surface area contributed by atoms with Gasteiger partial charge in [-0.1, -0.05) is 17.3 Å². The fraction of sp³-hybridized carbons (Fsp3) is 0.417. The SMILES string of the molecule is NC(CCN(C1CC1)S(=O)(=O)c1ccccc1Br)=NO. The van der Waals surface area contributed by atoms with Crippen LogP contribution in [-0.4, -0.2) is 36.4 Å². The molecule has 0 saturated heterocycles.